The Kier molecular flexibility index (Phi) is 4.79. The molecule has 0 fully saturated rings. The van der Waals surface area contributed by atoms with Gasteiger partial charge < -0.3 is 4.57 Å². The second-order valence-electron chi connectivity index (χ2n) is 10.1. The van der Waals surface area contributed by atoms with Crippen molar-refractivity contribution in [2.45, 2.75) is 0 Å². The van der Waals surface area contributed by atoms with Crippen LogP contribution in [0.15, 0.2) is 133 Å². The predicted octanol–water partition coefficient (Wildman–Crippen LogP) is 9.82. The van der Waals surface area contributed by atoms with Crippen molar-refractivity contribution in [3.8, 4) is 16.8 Å². The first kappa shape index (κ1) is 22.5. The average Bonchev–Trinajstić information content (AvgIpc) is 3.36. The molecule has 0 atom stereocenters. The minimum absolute atomic E-state index is 0.109. The van der Waals surface area contributed by atoms with Crippen LogP contribution in [-0.2, 0) is 0 Å². The molecule has 8 rings (SSSR count). The van der Waals surface area contributed by atoms with Crippen molar-refractivity contribution >= 4 is 59.8 Å². The van der Waals surface area contributed by atoms with Crippen LogP contribution in [0.3, 0.4) is 0 Å². The van der Waals surface area contributed by atoms with Crippen molar-refractivity contribution in [2.24, 2.45) is 0 Å². The number of benzene rings is 7. The van der Waals surface area contributed by atoms with E-state index in [1.54, 1.807) is 12.1 Å². The zero-order valence-corrected chi connectivity index (χ0v) is 21.4. The van der Waals surface area contributed by atoms with Crippen LogP contribution in [0.5, 0.6) is 0 Å². The molecule has 0 unspecified atom stereocenters. The summed E-state index contributed by atoms with van der Waals surface area (Å²) in [6.45, 7) is 0. The first-order valence-corrected chi connectivity index (χ1v) is 13.3. The second kappa shape index (κ2) is 8.52. The van der Waals surface area contributed by atoms with Crippen molar-refractivity contribution in [1.29, 1.82) is 0 Å². The molecule has 0 N–H and O–H groups in total. The van der Waals surface area contributed by atoms with Crippen LogP contribution >= 0.6 is 0 Å². The molecule has 188 valence electrons. The normalized spacial score (nSPS) is 11.7. The zero-order chi connectivity index (χ0) is 26.8. The van der Waals surface area contributed by atoms with E-state index in [1.807, 2.05) is 24.3 Å². The third-order valence-electron chi connectivity index (χ3n) is 8.05. The number of fused-ring (bicyclic) bond motifs is 10. The van der Waals surface area contributed by atoms with Gasteiger partial charge in [0.1, 0.15) is 0 Å². The van der Waals surface area contributed by atoms with Gasteiger partial charge in [-0.05, 0) is 57.4 Å². The summed E-state index contributed by atoms with van der Waals surface area (Å²) in [5.74, 6) is 0. The summed E-state index contributed by atoms with van der Waals surface area (Å²) < 4.78 is 2.37. The summed E-state index contributed by atoms with van der Waals surface area (Å²) >= 11 is 0. The number of hydrogen-bond acceptors (Lipinski definition) is 2. The Labute approximate surface area is 229 Å². The molecule has 1 aromatic heterocycles. The number of nitro benzene ring substituents is 1. The van der Waals surface area contributed by atoms with E-state index in [1.165, 1.54) is 16.3 Å². The van der Waals surface area contributed by atoms with E-state index in [4.69, 9.17) is 0 Å². The molecule has 0 radical (unpaired) electrons. The lowest BCUT2D eigenvalue weighted by molar-refractivity contribution is -0.384. The quantitative estimate of drug-likeness (QED) is 0.134. The molecule has 7 aromatic carbocycles. The van der Waals surface area contributed by atoms with Gasteiger partial charge in [0.15, 0.2) is 0 Å². The fourth-order valence-corrected chi connectivity index (χ4v) is 6.46. The Bertz CT molecular complexity index is 2300. The van der Waals surface area contributed by atoms with Crippen LogP contribution in [0.2, 0.25) is 0 Å². The minimum atomic E-state index is -0.289. The molecule has 8 aromatic rings. The number of nitrogens with zero attached hydrogens (tertiary/aromatic N) is 2. The summed E-state index contributed by atoms with van der Waals surface area (Å²) in [7, 11) is 0. The van der Waals surface area contributed by atoms with Crippen molar-refractivity contribution < 1.29 is 4.92 Å². The van der Waals surface area contributed by atoms with Crippen LogP contribution in [0.1, 0.15) is 0 Å². The van der Waals surface area contributed by atoms with E-state index in [0.29, 0.717) is 5.56 Å². The van der Waals surface area contributed by atoms with Gasteiger partial charge in [-0.1, -0.05) is 97.1 Å². The molecular formula is C36H22N2O2. The first-order valence-electron chi connectivity index (χ1n) is 13.3. The van der Waals surface area contributed by atoms with E-state index in [9.17, 15) is 10.1 Å². The van der Waals surface area contributed by atoms with Gasteiger partial charge in [0.2, 0.25) is 0 Å². The molecular weight excluding hydrogens is 492 g/mol. The molecule has 4 heteroatoms. The van der Waals surface area contributed by atoms with Crippen LogP contribution in [0.25, 0.3) is 70.9 Å². The molecule has 0 aliphatic carbocycles. The maximum Gasteiger partial charge on any atom is 0.277 e. The number of rotatable bonds is 3. The van der Waals surface area contributed by atoms with Gasteiger partial charge in [-0.15, -0.1) is 0 Å². The van der Waals surface area contributed by atoms with Crippen molar-refractivity contribution in [3.63, 3.8) is 0 Å². The Morgan fingerprint density at radius 3 is 1.88 bits per heavy atom. The highest BCUT2D eigenvalue weighted by Gasteiger charge is 2.23. The lowest BCUT2D eigenvalue weighted by Crippen LogP contribution is -1.95. The minimum Gasteiger partial charge on any atom is -0.309 e. The van der Waals surface area contributed by atoms with E-state index < -0.39 is 0 Å². The highest BCUT2D eigenvalue weighted by atomic mass is 16.6. The molecule has 40 heavy (non-hydrogen) atoms. The van der Waals surface area contributed by atoms with Gasteiger partial charge in [0.05, 0.1) is 21.5 Å². The molecule has 0 saturated heterocycles. The average molecular weight is 515 g/mol. The van der Waals surface area contributed by atoms with Crippen LogP contribution in [-0.4, -0.2) is 9.49 Å². The fraction of sp³-hybridized carbons (Fsp3) is 0. The number of nitro groups is 1. The maximum atomic E-state index is 12.1. The van der Waals surface area contributed by atoms with E-state index in [0.717, 1.165) is 49.1 Å². The van der Waals surface area contributed by atoms with Gasteiger partial charge in [0.25, 0.3) is 5.69 Å². The molecule has 0 aliphatic rings. The molecule has 0 amide bonds. The van der Waals surface area contributed by atoms with E-state index >= 15 is 0 Å². The molecule has 0 bridgehead atoms. The Morgan fingerprint density at radius 1 is 0.500 bits per heavy atom. The summed E-state index contributed by atoms with van der Waals surface area (Å²) in [6.07, 6.45) is 0. The Morgan fingerprint density at radius 2 is 1.10 bits per heavy atom. The monoisotopic (exact) mass is 514 g/mol. The van der Waals surface area contributed by atoms with Gasteiger partial charge in [-0.25, -0.2) is 0 Å². The third-order valence-corrected chi connectivity index (χ3v) is 8.05. The van der Waals surface area contributed by atoms with Crippen molar-refractivity contribution in [3.05, 3.63) is 144 Å². The summed E-state index contributed by atoms with van der Waals surface area (Å²) in [5, 5.41) is 21.0. The van der Waals surface area contributed by atoms with Gasteiger partial charge in [-0.3, -0.25) is 10.1 Å². The number of para-hydroxylation sites is 3. The number of hydrogen-bond donors (Lipinski definition) is 0. The van der Waals surface area contributed by atoms with Crippen molar-refractivity contribution in [2.75, 3.05) is 0 Å². The van der Waals surface area contributed by atoms with Crippen LogP contribution < -0.4 is 0 Å². The van der Waals surface area contributed by atoms with Gasteiger partial charge in [-0.2, -0.15) is 0 Å². The summed E-state index contributed by atoms with van der Waals surface area (Å²) in [6, 6.07) is 45.1. The SMILES string of the molecule is O=[N+]([O-])c1ccccc1-c1cc2c3ccccc3c3c(c4ccccc4n3-c3ccccc3)c2c2ccccc12. The van der Waals surface area contributed by atoms with E-state index in [2.05, 4.69) is 102 Å². The topological polar surface area (TPSA) is 48.1 Å². The van der Waals surface area contributed by atoms with Gasteiger partial charge >= 0.3 is 0 Å². The third kappa shape index (κ3) is 3.07. The Hall–Kier alpha value is -5.48. The zero-order valence-electron chi connectivity index (χ0n) is 21.4. The summed E-state index contributed by atoms with van der Waals surface area (Å²) in [5.41, 5.74) is 5.03. The largest absolute Gasteiger partial charge is 0.309 e. The first-order chi connectivity index (χ1) is 19.7. The highest BCUT2D eigenvalue weighted by Crippen LogP contribution is 2.47. The fourth-order valence-electron chi connectivity index (χ4n) is 6.46. The smallest absolute Gasteiger partial charge is 0.277 e. The lowest BCUT2D eigenvalue weighted by Gasteiger charge is -2.16. The lowest BCUT2D eigenvalue weighted by atomic mass is 9.88. The highest BCUT2D eigenvalue weighted by molar-refractivity contribution is 6.38. The number of aromatic nitrogens is 1. The summed E-state index contributed by atoms with van der Waals surface area (Å²) in [4.78, 5) is 11.8. The van der Waals surface area contributed by atoms with E-state index in [-0.39, 0.29) is 10.6 Å². The molecule has 4 nitrogen and oxygen atoms in total. The molecule has 0 spiro atoms. The molecule has 0 aliphatic heterocycles. The second-order valence-corrected chi connectivity index (χ2v) is 10.1. The van der Waals surface area contributed by atoms with Crippen molar-refractivity contribution in [1.82, 2.24) is 4.57 Å². The molecule has 0 saturated carbocycles. The maximum absolute atomic E-state index is 12.1. The Balaban J connectivity index is 1.68. The van der Waals surface area contributed by atoms with Gasteiger partial charge in [0, 0.05) is 33.3 Å². The predicted molar refractivity (Wildman–Crippen MR) is 165 cm³/mol. The standard InChI is InChI=1S/C36H22N2O2/c39-38(40)33-21-11-8-16-26(33)30-22-31-25-15-5-7-18-28(25)36-35(34(31)27-17-6-4-14-24(27)30)29-19-9-10-20-32(29)37(36)23-12-2-1-3-13-23/h1-22H. The molecule has 1 heterocycles. The van der Waals surface area contributed by atoms with Crippen LogP contribution in [0.4, 0.5) is 5.69 Å². The van der Waals surface area contributed by atoms with Crippen LogP contribution in [0, 0.1) is 10.1 Å².